The van der Waals surface area contributed by atoms with Crippen LogP contribution in [0.15, 0.2) is 24.3 Å². The maximum absolute atomic E-state index is 6.23. The number of benzene rings is 1. The Bertz CT molecular complexity index is 355. The van der Waals surface area contributed by atoms with E-state index in [1.54, 1.807) is 0 Å². The monoisotopic (exact) mass is 285 g/mol. The van der Waals surface area contributed by atoms with E-state index in [0.717, 1.165) is 11.6 Å². The van der Waals surface area contributed by atoms with E-state index in [4.69, 9.17) is 11.6 Å². The van der Waals surface area contributed by atoms with Gasteiger partial charge in [-0.1, -0.05) is 43.6 Å². The van der Waals surface area contributed by atoms with Gasteiger partial charge < -0.3 is 5.32 Å². The first-order valence-electron chi connectivity index (χ1n) is 6.61. The molecule has 1 atom stereocenters. The van der Waals surface area contributed by atoms with E-state index in [-0.39, 0.29) is 0 Å². The predicted molar refractivity (Wildman–Crippen MR) is 84.7 cm³/mol. The fourth-order valence-electron chi connectivity index (χ4n) is 2.14. The number of hydrogen-bond acceptors (Lipinski definition) is 2. The van der Waals surface area contributed by atoms with Crippen LogP contribution in [-0.4, -0.2) is 17.5 Å². The molecule has 0 heterocycles. The standard InChI is InChI=1S/C15H24ClNS/c1-5-15(6-2,18-4)11-17-12(3)13-9-7-8-10-14(13)16/h7-10,12,17H,5-6,11H2,1-4H3. The van der Waals surface area contributed by atoms with Gasteiger partial charge in [0.1, 0.15) is 0 Å². The first kappa shape index (κ1) is 15.9. The zero-order valence-electron chi connectivity index (χ0n) is 11.8. The molecule has 0 fully saturated rings. The molecule has 1 rings (SSSR count). The molecular weight excluding hydrogens is 262 g/mol. The fraction of sp³-hybridized carbons (Fsp3) is 0.600. The van der Waals surface area contributed by atoms with Gasteiger partial charge >= 0.3 is 0 Å². The molecule has 0 radical (unpaired) electrons. The normalized spacial score (nSPS) is 13.6. The van der Waals surface area contributed by atoms with E-state index in [0.29, 0.717) is 10.8 Å². The zero-order valence-corrected chi connectivity index (χ0v) is 13.4. The summed E-state index contributed by atoms with van der Waals surface area (Å²) in [6.45, 7) is 7.73. The molecule has 0 amide bonds. The Balaban J connectivity index is 2.66. The van der Waals surface area contributed by atoms with E-state index in [2.05, 4.69) is 38.4 Å². The highest BCUT2D eigenvalue weighted by Crippen LogP contribution is 2.31. The molecule has 0 bridgehead atoms. The lowest BCUT2D eigenvalue weighted by Gasteiger charge is -2.31. The van der Waals surface area contributed by atoms with Crippen LogP contribution in [0.1, 0.15) is 45.2 Å². The maximum Gasteiger partial charge on any atom is 0.0453 e. The van der Waals surface area contributed by atoms with Gasteiger partial charge in [0.2, 0.25) is 0 Å². The lowest BCUT2D eigenvalue weighted by atomic mass is 10.0. The van der Waals surface area contributed by atoms with Gasteiger partial charge in [0.25, 0.3) is 0 Å². The van der Waals surface area contributed by atoms with Gasteiger partial charge in [0, 0.05) is 22.4 Å². The smallest absolute Gasteiger partial charge is 0.0453 e. The summed E-state index contributed by atoms with van der Waals surface area (Å²) < 4.78 is 0.343. The van der Waals surface area contributed by atoms with Crippen molar-refractivity contribution in [2.45, 2.75) is 44.4 Å². The second-order valence-corrected chi connectivity index (χ2v) is 6.40. The van der Waals surface area contributed by atoms with Crippen LogP contribution in [0.3, 0.4) is 0 Å². The van der Waals surface area contributed by atoms with Crippen LogP contribution in [0.25, 0.3) is 0 Å². The molecular formula is C15H24ClNS. The largest absolute Gasteiger partial charge is 0.309 e. The number of hydrogen-bond donors (Lipinski definition) is 1. The van der Waals surface area contributed by atoms with Gasteiger partial charge in [-0.05, 0) is 37.7 Å². The molecule has 0 aliphatic heterocycles. The van der Waals surface area contributed by atoms with Crippen LogP contribution < -0.4 is 5.32 Å². The second kappa shape index (κ2) is 7.42. The van der Waals surface area contributed by atoms with Gasteiger partial charge in [0.05, 0.1) is 0 Å². The average molecular weight is 286 g/mol. The number of rotatable bonds is 7. The summed E-state index contributed by atoms with van der Waals surface area (Å²) in [5.41, 5.74) is 1.18. The van der Waals surface area contributed by atoms with Crippen LogP contribution in [-0.2, 0) is 0 Å². The Morgan fingerprint density at radius 1 is 1.28 bits per heavy atom. The van der Waals surface area contributed by atoms with Crippen molar-refractivity contribution in [2.24, 2.45) is 0 Å². The van der Waals surface area contributed by atoms with Crippen molar-refractivity contribution in [3.05, 3.63) is 34.9 Å². The van der Waals surface area contributed by atoms with Crippen LogP contribution in [0.5, 0.6) is 0 Å². The molecule has 1 aromatic rings. The van der Waals surface area contributed by atoms with Gasteiger partial charge in [-0.2, -0.15) is 11.8 Å². The molecule has 0 saturated carbocycles. The molecule has 18 heavy (non-hydrogen) atoms. The van der Waals surface area contributed by atoms with E-state index in [1.807, 2.05) is 30.0 Å². The van der Waals surface area contributed by atoms with Crippen LogP contribution in [0, 0.1) is 0 Å². The quantitative estimate of drug-likeness (QED) is 0.764. The number of halogens is 1. The molecule has 0 aliphatic carbocycles. The van der Waals surface area contributed by atoms with Crippen LogP contribution >= 0.6 is 23.4 Å². The van der Waals surface area contributed by atoms with Gasteiger partial charge in [-0.3, -0.25) is 0 Å². The van der Waals surface area contributed by atoms with E-state index in [9.17, 15) is 0 Å². The van der Waals surface area contributed by atoms with Gasteiger partial charge in [0.15, 0.2) is 0 Å². The summed E-state index contributed by atoms with van der Waals surface area (Å²) in [7, 11) is 0. The third-order valence-electron chi connectivity index (χ3n) is 3.82. The second-order valence-electron chi connectivity index (χ2n) is 4.72. The third-order valence-corrected chi connectivity index (χ3v) is 5.76. The average Bonchev–Trinajstić information content (AvgIpc) is 2.41. The van der Waals surface area contributed by atoms with E-state index >= 15 is 0 Å². The Morgan fingerprint density at radius 2 is 1.89 bits per heavy atom. The summed E-state index contributed by atoms with van der Waals surface area (Å²) in [4.78, 5) is 0. The summed E-state index contributed by atoms with van der Waals surface area (Å²) in [5.74, 6) is 0. The zero-order chi connectivity index (χ0) is 13.6. The molecule has 3 heteroatoms. The summed E-state index contributed by atoms with van der Waals surface area (Å²) in [6.07, 6.45) is 4.58. The minimum atomic E-state index is 0.295. The Kier molecular flexibility index (Phi) is 6.54. The molecule has 0 saturated heterocycles. The highest BCUT2D eigenvalue weighted by atomic mass is 35.5. The lowest BCUT2D eigenvalue weighted by Crippen LogP contribution is -2.37. The molecule has 1 N–H and O–H groups in total. The molecule has 1 unspecified atom stereocenters. The van der Waals surface area contributed by atoms with Crippen molar-refractivity contribution in [1.82, 2.24) is 5.32 Å². The molecule has 102 valence electrons. The minimum Gasteiger partial charge on any atom is -0.309 e. The summed E-state index contributed by atoms with van der Waals surface area (Å²) >= 11 is 8.19. The lowest BCUT2D eigenvalue weighted by molar-refractivity contribution is 0.460. The van der Waals surface area contributed by atoms with Crippen molar-refractivity contribution in [3.63, 3.8) is 0 Å². The fourth-order valence-corrected chi connectivity index (χ4v) is 3.24. The van der Waals surface area contributed by atoms with Gasteiger partial charge in [-0.25, -0.2) is 0 Å². The topological polar surface area (TPSA) is 12.0 Å². The highest BCUT2D eigenvalue weighted by Gasteiger charge is 2.25. The van der Waals surface area contributed by atoms with Gasteiger partial charge in [-0.15, -0.1) is 0 Å². The first-order chi connectivity index (χ1) is 8.58. The molecule has 1 nitrogen and oxygen atoms in total. The Morgan fingerprint density at radius 3 is 2.39 bits per heavy atom. The first-order valence-corrected chi connectivity index (χ1v) is 8.21. The molecule has 0 aromatic heterocycles. The van der Waals surface area contributed by atoms with Crippen molar-refractivity contribution in [2.75, 3.05) is 12.8 Å². The maximum atomic E-state index is 6.23. The summed E-state index contributed by atoms with van der Waals surface area (Å²) in [5, 5.41) is 4.48. The SMILES string of the molecule is CCC(CC)(CNC(C)c1ccccc1Cl)SC. The van der Waals surface area contributed by atoms with Crippen molar-refractivity contribution >= 4 is 23.4 Å². The summed E-state index contributed by atoms with van der Waals surface area (Å²) in [6, 6.07) is 8.36. The van der Waals surface area contributed by atoms with Crippen molar-refractivity contribution in [3.8, 4) is 0 Å². The molecule has 1 aromatic carbocycles. The van der Waals surface area contributed by atoms with Crippen LogP contribution in [0.4, 0.5) is 0 Å². The Labute approximate surface area is 121 Å². The Hall–Kier alpha value is -0.180. The minimum absolute atomic E-state index is 0.295. The number of nitrogens with one attached hydrogen (secondary N) is 1. The predicted octanol–water partition coefficient (Wildman–Crippen LogP) is 4.91. The third kappa shape index (κ3) is 3.91. The van der Waals surface area contributed by atoms with Crippen molar-refractivity contribution < 1.29 is 0 Å². The van der Waals surface area contributed by atoms with E-state index < -0.39 is 0 Å². The van der Waals surface area contributed by atoms with Crippen LogP contribution in [0.2, 0.25) is 5.02 Å². The number of thioether (sulfide) groups is 1. The highest BCUT2D eigenvalue weighted by molar-refractivity contribution is 8.00. The van der Waals surface area contributed by atoms with Crippen molar-refractivity contribution in [1.29, 1.82) is 0 Å². The van der Waals surface area contributed by atoms with E-state index in [1.165, 1.54) is 18.4 Å². The molecule has 0 spiro atoms. The molecule has 0 aliphatic rings.